The second kappa shape index (κ2) is 9.83. The largest absolute Gasteiger partial charge is 0.444 e. The molecular formula is C20H23NO2S. The van der Waals surface area contributed by atoms with Gasteiger partial charge in [-0.1, -0.05) is 59.6 Å². The van der Waals surface area contributed by atoms with E-state index in [4.69, 9.17) is 22.2 Å². The van der Waals surface area contributed by atoms with Gasteiger partial charge >= 0.3 is 0 Å². The third-order valence-electron chi connectivity index (χ3n) is 3.77. The minimum Gasteiger partial charge on any atom is -0.444 e. The van der Waals surface area contributed by atoms with Crippen molar-refractivity contribution < 1.29 is 9.94 Å². The molecule has 0 bridgehead atoms. The zero-order chi connectivity index (χ0) is 17.2. The Morgan fingerprint density at radius 2 is 1.83 bits per heavy atom. The van der Waals surface area contributed by atoms with Gasteiger partial charge in [0.1, 0.15) is 11.5 Å². The van der Waals surface area contributed by atoms with Gasteiger partial charge in [-0.2, -0.15) is 0 Å². The van der Waals surface area contributed by atoms with Crippen LogP contribution in [0.5, 0.6) is 5.75 Å². The summed E-state index contributed by atoms with van der Waals surface area (Å²) in [5, 5.41) is 12.7. The summed E-state index contributed by atoms with van der Waals surface area (Å²) in [6, 6.07) is 17.9. The van der Waals surface area contributed by atoms with Gasteiger partial charge in [0.2, 0.25) is 5.05 Å². The number of nitrogens with zero attached hydrogens (tertiary/aromatic N) is 1. The van der Waals surface area contributed by atoms with Gasteiger partial charge in [0.05, 0.1) is 0 Å². The zero-order valence-electron chi connectivity index (χ0n) is 13.9. The number of hydrogen-bond donors (Lipinski definition) is 1. The molecule has 3 nitrogen and oxygen atoms in total. The van der Waals surface area contributed by atoms with Gasteiger partial charge in [-0.25, -0.2) is 0 Å². The summed E-state index contributed by atoms with van der Waals surface area (Å²) in [6.07, 6.45) is 4.77. The molecule has 4 heteroatoms. The second-order valence-electron chi connectivity index (χ2n) is 5.80. The molecule has 1 N–H and O–H groups in total. The Balaban J connectivity index is 1.70. The quantitative estimate of drug-likeness (QED) is 0.232. The fraction of sp³-hybridized carbons (Fsp3) is 0.300. The first-order valence-corrected chi connectivity index (χ1v) is 8.63. The first kappa shape index (κ1) is 18.1. The topological polar surface area (TPSA) is 41.8 Å². The number of para-hydroxylation sites is 1. The van der Waals surface area contributed by atoms with E-state index >= 15 is 0 Å². The minimum absolute atomic E-state index is 0.238. The number of rotatable bonds is 8. The fourth-order valence-electron chi connectivity index (χ4n) is 2.51. The van der Waals surface area contributed by atoms with E-state index in [2.05, 4.69) is 36.3 Å². The second-order valence-corrected chi connectivity index (χ2v) is 6.17. The lowest BCUT2D eigenvalue weighted by molar-refractivity contribution is 0.318. The van der Waals surface area contributed by atoms with Crippen LogP contribution in [-0.2, 0) is 6.42 Å². The molecule has 0 aliphatic carbocycles. The highest BCUT2D eigenvalue weighted by Gasteiger charge is 2.10. The van der Waals surface area contributed by atoms with Crippen molar-refractivity contribution in [3.05, 3.63) is 65.7 Å². The molecule has 2 aromatic carbocycles. The maximum Gasteiger partial charge on any atom is 0.215 e. The van der Waals surface area contributed by atoms with E-state index in [-0.39, 0.29) is 5.05 Å². The molecule has 0 saturated carbocycles. The van der Waals surface area contributed by atoms with Crippen molar-refractivity contribution in [2.24, 2.45) is 5.16 Å². The molecule has 2 aromatic rings. The summed E-state index contributed by atoms with van der Waals surface area (Å²) in [5.41, 5.74) is 3.10. The number of unbranched alkanes of at least 4 members (excludes halogenated alkanes) is 2. The lowest BCUT2D eigenvalue weighted by Crippen LogP contribution is -2.18. The molecule has 0 fully saturated rings. The molecule has 0 aliphatic rings. The van der Waals surface area contributed by atoms with Crippen molar-refractivity contribution in [1.82, 2.24) is 0 Å². The highest BCUT2D eigenvalue weighted by atomic mass is 32.1. The van der Waals surface area contributed by atoms with E-state index < -0.39 is 0 Å². The van der Waals surface area contributed by atoms with Crippen LogP contribution < -0.4 is 4.74 Å². The Kier molecular flexibility index (Phi) is 7.43. The van der Waals surface area contributed by atoms with Crippen LogP contribution in [0.25, 0.3) is 0 Å². The van der Waals surface area contributed by atoms with E-state index in [1.165, 1.54) is 11.1 Å². The van der Waals surface area contributed by atoms with Crippen LogP contribution in [0.2, 0.25) is 0 Å². The summed E-state index contributed by atoms with van der Waals surface area (Å²) in [7, 11) is 0. The van der Waals surface area contributed by atoms with Crippen LogP contribution in [0, 0.1) is 6.92 Å². The minimum atomic E-state index is 0.238. The molecule has 0 unspecified atom stereocenters. The van der Waals surface area contributed by atoms with Crippen LogP contribution in [0.15, 0.2) is 59.8 Å². The van der Waals surface area contributed by atoms with Crippen molar-refractivity contribution in [3.8, 4) is 5.75 Å². The van der Waals surface area contributed by atoms with Crippen LogP contribution >= 0.6 is 12.2 Å². The highest BCUT2D eigenvalue weighted by molar-refractivity contribution is 7.81. The number of hydrogen-bond acceptors (Lipinski definition) is 4. The molecule has 126 valence electrons. The summed E-state index contributed by atoms with van der Waals surface area (Å²) in [4.78, 5) is 0. The average molecular weight is 341 g/mol. The highest BCUT2D eigenvalue weighted by Crippen LogP contribution is 2.13. The predicted octanol–water partition coefficient (Wildman–Crippen LogP) is 5.33. The maximum absolute atomic E-state index is 9.16. The van der Waals surface area contributed by atoms with Crippen molar-refractivity contribution in [3.63, 3.8) is 0 Å². The molecule has 0 spiro atoms. The van der Waals surface area contributed by atoms with Gasteiger partial charge in [-0.05, 0) is 62.5 Å². The lowest BCUT2D eigenvalue weighted by atomic mass is 10.0. The molecule has 0 saturated heterocycles. The van der Waals surface area contributed by atoms with Gasteiger partial charge in [0, 0.05) is 0 Å². The van der Waals surface area contributed by atoms with Crippen LogP contribution in [0.4, 0.5) is 0 Å². The standard InChI is InChI=1S/C20H23NO2S/c1-16-9-8-11-17(15-16)10-4-2-7-14-19(21-22)20(24)23-18-12-5-3-6-13-18/h3,5-6,8-9,11-13,15,22H,2,4,7,10,14H2,1H3. The summed E-state index contributed by atoms with van der Waals surface area (Å²) >= 11 is 5.21. The third-order valence-corrected chi connectivity index (χ3v) is 4.09. The molecule has 0 atom stereocenters. The third kappa shape index (κ3) is 6.13. The Morgan fingerprint density at radius 3 is 2.54 bits per heavy atom. The number of ether oxygens (including phenoxy) is 1. The van der Waals surface area contributed by atoms with Crippen LogP contribution in [0.1, 0.15) is 36.8 Å². The molecular weight excluding hydrogens is 318 g/mol. The first-order chi connectivity index (χ1) is 11.7. The van der Waals surface area contributed by atoms with Crippen molar-refractivity contribution in [2.75, 3.05) is 0 Å². The molecule has 2 rings (SSSR count). The monoisotopic (exact) mass is 341 g/mol. The van der Waals surface area contributed by atoms with Gasteiger partial charge < -0.3 is 9.94 Å². The maximum atomic E-state index is 9.16. The number of benzene rings is 2. The summed E-state index contributed by atoms with van der Waals surface area (Å²) < 4.78 is 5.55. The fourth-order valence-corrected chi connectivity index (χ4v) is 2.75. The van der Waals surface area contributed by atoms with Gasteiger partial charge in [0.25, 0.3) is 0 Å². The van der Waals surface area contributed by atoms with Crippen LogP contribution in [-0.4, -0.2) is 16.0 Å². The van der Waals surface area contributed by atoms with E-state index in [1.807, 2.05) is 30.3 Å². The predicted molar refractivity (Wildman–Crippen MR) is 102 cm³/mol. The Morgan fingerprint density at radius 1 is 1.04 bits per heavy atom. The molecule has 0 heterocycles. The van der Waals surface area contributed by atoms with E-state index in [9.17, 15) is 0 Å². The smallest absolute Gasteiger partial charge is 0.215 e. The lowest BCUT2D eigenvalue weighted by Gasteiger charge is -2.08. The Labute approximate surface area is 149 Å². The zero-order valence-corrected chi connectivity index (χ0v) is 14.8. The SMILES string of the molecule is Cc1cccc(CCCCCC(=NO)C(=S)Oc2ccccc2)c1. The molecule has 24 heavy (non-hydrogen) atoms. The van der Waals surface area contributed by atoms with Crippen LogP contribution in [0.3, 0.4) is 0 Å². The molecule has 0 amide bonds. The summed E-state index contributed by atoms with van der Waals surface area (Å²) in [6.45, 7) is 2.11. The average Bonchev–Trinajstić information content (AvgIpc) is 2.59. The van der Waals surface area contributed by atoms with Gasteiger partial charge in [0.15, 0.2) is 0 Å². The van der Waals surface area contributed by atoms with E-state index in [0.29, 0.717) is 17.9 Å². The van der Waals surface area contributed by atoms with Gasteiger partial charge in [-0.3, -0.25) is 0 Å². The molecule has 0 radical (unpaired) electrons. The van der Waals surface area contributed by atoms with Gasteiger partial charge in [-0.15, -0.1) is 0 Å². The van der Waals surface area contributed by atoms with E-state index in [1.54, 1.807) is 0 Å². The number of oxime groups is 1. The summed E-state index contributed by atoms with van der Waals surface area (Å²) in [5.74, 6) is 0.656. The Bertz CT molecular complexity index is 683. The Hall–Kier alpha value is -2.20. The number of thiocarbonyl (C=S) groups is 1. The number of aryl methyl sites for hydroxylation is 2. The normalized spacial score (nSPS) is 11.3. The molecule has 0 aliphatic heterocycles. The first-order valence-electron chi connectivity index (χ1n) is 8.23. The van der Waals surface area contributed by atoms with Crippen molar-refractivity contribution in [2.45, 2.75) is 39.0 Å². The van der Waals surface area contributed by atoms with Crippen molar-refractivity contribution >= 4 is 23.0 Å². The molecule has 0 aromatic heterocycles. The van der Waals surface area contributed by atoms with Crippen molar-refractivity contribution in [1.29, 1.82) is 0 Å². The van der Waals surface area contributed by atoms with E-state index in [0.717, 1.165) is 25.7 Å².